The number of rotatable bonds is 1. The molecule has 0 aromatic carbocycles. The van der Waals surface area contributed by atoms with Crippen molar-refractivity contribution in [2.75, 3.05) is 6.54 Å². The first kappa shape index (κ1) is 5.87. The van der Waals surface area contributed by atoms with Crippen LogP contribution in [-0.4, -0.2) is 29.7 Å². The summed E-state index contributed by atoms with van der Waals surface area (Å²) >= 11 is 0. The van der Waals surface area contributed by atoms with Gasteiger partial charge in [-0.15, -0.1) is 0 Å². The normalized spacial score (nSPS) is 24.9. The highest BCUT2D eigenvalue weighted by atomic mass is 16.4. The topological polar surface area (TPSA) is 78.4 Å². The summed E-state index contributed by atoms with van der Waals surface area (Å²) in [5, 5.41) is 12.8. The van der Waals surface area contributed by atoms with Gasteiger partial charge in [0.15, 0.2) is 0 Å². The molecule has 0 unspecified atom stereocenters. The van der Waals surface area contributed by atoms with Crippen molar-refractivity contribution in [2.45, 2.75) is 6.04 Å². The molecule has 1 heterocycles. The van der Waals surface area contributed by atoms with Gasteiger partial charge in [0.25, 0.3) is 0 Å². The van der Waals surface area contributed by atoms with E-state index in [4.69, 9.17) is 5.11 Å². The van der Waals surface area contributed by atoms with E-state index in [1.54, 1.807) is 0 Å². The van der Waals surface area contributed by atoms with Gasteiger partial charge in [-0.2, -0.15) is 0 Å². The summed E-state index contributed by atoms with van der Waals surface area (Å²) in [6.07, 6.45) is 0. The van der Waals surface area contributed by atoms with Crippen molar-refractivity contribution in [1.29, 1.82) is 0 Å². The first-order valence-electron chi connectivity index (χ1n) is 2.47. The molecule has 0 aromatic rings. The average Bonchev–Trinajstić information content (AvgIpc) is 2.14. The lowest BCUT2D eigenvalue weighted by molar-refractivity contribution is -0.138. The van der Waals surface area contributed by atoms with Gasteiger partial charge in [0.05, 0.1) is 6.54 Å². The lowest BCUT2D eigenvalue weighted by Crippen LogP contribution is -2.33. The number of carbonyl (C=O) groups is 2. The van der Waals surface area contributed by atoms with E-state index >= 15 is 0 Å². The van der Waals surface area contributed by atoms with Crippen molar-refractivity contribution in [3.05, 3.63) is 0 Å². The number of hydrogen-bond donors (Lipinski definition) is 3. The monoisotopic (exact) mass is 130 g/mol. The molecular formula is C4H6N2O3. The lowest BCUT2D eigenvalue weighted by atomic mass is 10.3. The Balaban J connectivity index is 2.48. The van der Waals surface area contributed by atoms with Crippen molar-refractivity contribution in [3.8, 4) is 0 Å². The van der Waals surface area contributed by atoms with Crippen LogP contribution in [0, 0.1) is 0 Å². The van der Waals surface area contributed by atoms with Gasteiger partial charge in [0.1, 0.15) is 6.04 Å². The molecule has 3 N–H and O–H groups in total. The van der Waals surface area contributed by atoms with Crippen molar-refractivity contribution in [3.63, 3.8) is 0 Å². The highest BCUT2D eigenvalue weighted by Crippen LogP contribution is 1.88. The van der Waals surface area contributed by atoms with Gasteiger partial charge in [-0.25, -0.2) is 9.59 Å². The smallest absolute Gasteiger partial charge is 0.328 e. The number of amides is 2. The van der Waals surface area contributed by atoms with Crippen LogP contribution >= 0.6 is 0 Å². The number of carboxylic acid groups (broad SMARTS) is 1. The molecule has 0 aromatic heterocycles. The highest BCUT2D eigenvalue weighted by Gasteiger charge is 2.25. The molecule has 0 saturated carbocycles. The van der Waals surface area contributed by atoms with Crippen LogP contribution in [0.1, 0.15) is 0 Å². The first-order chi connectivity index (χ1) is 4.20. The standard InChI is InChI=1S/C4H6N2O3/c7-3(8)2-1-5-4(9)6-2/h2H,1H2,(H,7,8)(H2,5,6,9)/t2-/m1/s1. The third kappa shape index (κ3) is 1.10. The molecule has 1 fully saturated rings. The van der Waals surface area contributed by atoms with Gasteiger partial charge in [0, 0.05) is 0 Å². The van der Waals surface area contributed by atoms with Gasteiger partial charge in [-0.05, 0) is 0 Å². The maximum atomic E-state index is 10.3. The summed E-state index contributed by atoms with van der Waals surface area (Å²) in [6, 6.07) is -1.17. The van der Waals surface area contributed by atoms with E-state index in [-0.39, 0.29) is 6.54 Å². The Morgan fingerprint density at radius 1 is 1.78 bits per heavy atom. The average molecular weight is 130 g/mol. The summed E-state index contributed by atoms with van der Waals surface area (Å²) in [5.74, 6) is -1.01. The van der Waals surface area contributed by atoms with E-state index in [0.29, 0.717) is 0 Å². The van der Waals surface area contributed by atoms with Crippen LogP contribution < -0.4 is 10.6 Å². The van der Waals surface area contributed by atoms with Gasteiger partial charge in [-0.3, -0.25) is 0 Å². The van der Waals surface area contributed by atoms with Crippen LogP contribution in [0.5, 0.6) is 0 Å². The fourth-order valence-corrected chi connectivity index (χ4v) is 0.604. The Bertz CT molecular complexity index is 156. The van der Waals surface area contributed by atoms with Crippen LogP contribution in [0.25, 0.3) is 0 Å². The number of carboxylic acids is 1. The molecule has 5 nitrogen and oxygen atoms in total. The molecule has 0 spiro atoms. The maximum Gasteiger partial charge on any atom is 0.328 e. The SMILES string of the molecule is O=C1NC[C@H](C(=O)O)N1. The van der Waals surface area contributed by atoms with Crippen molar-refractivity contribution < 1.29 is 14.7 Å². The Labute approximate surface area is 51.0 Å². The maximum absolute atomic E-state index is 10.3. The molecule has 0 aliphatic carbocycles. The lowest BCUT2D eigenvalue weighted by Gasteiger charge is -1.97. The number of nitrogens with one attached hydrogen (secondary N) is 2. The van der Waals surface area contributed by atoms with Crippen LogP contribution in [0.4, 0.5) is 4.79 Å². The van der Waals surface area contributed by atoms with Gasteiger partial charge in [-0.1, -0.05) is 0 Å². The third-order valence-corrected chi connectivity index (χ3v) is 1.07. The molecule has 1 aliphatic rings. The van der Waals surface area contributed by atoms with Crippen molar-refractivity contribution in [1.82, 2.24) is 10.6 Å². The highest BCUT2D eigenvalue weighted by molar-refractivity contribution is 5.86. The molecule has 1 atom stereocenters. The summed E-state index contributed by atoms with van der Waals surface area (Å²) in [7, 11) is 0. The molecule has 2 amide bonds. The Kier molecular flexibility index (Phi) is 1.26. The Morgan fingerprint density at radius 3 is 2.67 bits per heavy atom. The predicted octanol–water partition coefficient (Wildman–Crippen LogP) is -1.25. The molecule has 1 aliphatic heterocycles. The molecule has 1 rings (SSSR count). The van der Waals surface area contributed by atoms with E-state index in [9.17, 15) is 9.59 Å². The molecule has 5 heteroatoms. The number of carbonyl (C=O) groups excluding carboxylic acids is 1. The van der Waals surface area contributed by atoms with Crippen LogP contribution in [-0.2, 0) is 4.79 Å². The Hall–Kier alpha value is -1.26. The fourth-order valence-electron chi connectivity index (χ4n) is 0.604. The zero-order valence-electron chi connectivity index (χ0n) is 4.55. The largest absolute Gasteiger partial charge is 0.480 e. The third-order valence-electron chi connectivity index (χ3n) is 1.07. The number of hydrogen-bond acceptors (Lipinski definition) is 2. The van der Waals surface area contributed by atoms with Gasteiger partial charge < -0.3 is 15.7 Å². The zero-order valence-corrected chi connectivity index (χ0v) is 4.55. The second-order valence-electron chi connectivity index (χ2n) is 1.75. The zero-order chi connectivity index (χ0) is 6.85. The fraction of sp³-hybridized carbons (Fsp3) is 0.500. The number of urea groups is 1. The minimum absolute atomic E-state index is 0.175. The van der Waals surface area contributed by atoms with E-state index in [1.807, 2.05) is 0 Å². The van der Waals surface area contributed by atoms with E-state index in [0.717, 1.165) is 0 Å². The second-order valence-corrected chi connectivity index (χ2v) is 1.75. The summed E-state index contributed by atoms with van der Waals surface area (Å²) in [5.41, 5.74) is 0. The minimum atomic E-state index is -1.01. The molecule has 1 saturated heterocycles. The molecule has 9 heavy (non-hydrogen) atoms. The van der Waals surface area contributed by atoms with Gasteiger partial charge >= 0.3 is 12.0 Å². The quantitative estimate of drug-likeness (QED) is 0.415. The summed E-state index contributed by atoms with van der Waals surface area (Å²) in [6.45, 7) is 0.175. The van der Waals surface area contributed by atoms with Crippen molar-refractivity contribution in [2.24, 2.45) is 0 Å². The Morgan fingerprint density at radius 2 is 2.44 bits per heavy atom. The minimum Gasteiger partial charge on any atom is -0.480 e. The van der Waals surface area contributed by atoms with Crippen LogP contribution in [0.3, 0.4) is 0 Å². The summed E-state index contributed by atoms with van der Waals surface area (Å²) < 4.78 is 0. The van der Waals surface area contributed by atoms with Crippen LogP contribution in [0.2, 0.25) is 0 Å². The predicted molar refractivity (Wildman–Crippen MR) is 28.0 cm³/mol. The molecule has 50 valence electrons. The van der Waals surface area contributed by atoms with Crippen LogP contribution in [0.15, 0.2) is 0 Å². The van der Waals surface area contributed by atoms with E-state index in [1.165, 1.54) is 0 Å². The van der Waals surface area contributed by atoms with E-state index in [2.05, 4.69) is 10.6 Å². The molecule has 0 radical (unpaired) electrons. The molecule has 0 bridgehead atoms. The summed E-state index contributed by atoms with van der Waals surface area (Å²) in [4.78, 5) is 20.4. The first-order valence-corrected chi connectivity index (χ1v) is 2.47. The number of aliphatic carboxylic acids is 1. The van der Waals surface area contributed by atoms with Crippen molar-refractivity contribution >= 4 is 12.0 Å². The molecular weight excluding hydrogens is 124 g/mol. The van der Waals surface area contributed by atoms with Gasteiger partial charge in [0.2, 0.25) is 0 Å². The second kappa shape index (κ2) is 1.93. The van der Waals surface area contributed by atoms with E-state index < -0.39 is 18.0 Å².